The Morgan fingerprint density at radius 1 is 1.40 bits per heavy atom. The lowest BCUT2D eigenvalue weighted by Gasteiger charge is -2.37. The third-order valence-electron chi connectivity index (χ3n) is 3.75. The second kappa shape index (κ2) is 6.70. The highest BCUT2D eigenvalue weighted by Gasteiger charge is 2.27. The van der Waals surface area contributed by atoms with Crippen molar-refractivity contribution in [2.24, 2.45) is 5.92 Å². The van der Waals surface area contributed by atoms with Gasteiger partial charge in [-0.05, 0) is 43.1 Å². The third kappa shape index (κ3) is 3.70. The summed E-state index contributed by atoms with van der Waals surface area (Å²) in [6, 6.07) is 6.20. The van der Waals surface area contributed by atoms with E-state index in [9.17, 15) is 9.18 Å². The van der Waals surface area contributed by atoms with Crippen molar-refractivity contribution in [3.8, 4) is 0 Å². The number of hydrogen-bond acceptors (Lipinski definition) is 2. The van der Waals surface area contributed by atoms with Gasteiger partial charge < -0.3 is 15.5 Å². The maximum Gasteiger partial charge on any atom is 0.321 e. The van der Waals surface area contributed by atoms with Crippen LogP contribution in [0, 0.1) is 11.7 Å². The SMILES string of the molecule is CCNC1CCN(C(=O)Nc2ccc(F)cc2)CC1C. The monoisotopic (exact) mass is 279 g/mol. The Morgan fingerprint density at radius 3 is 2.70 bits per heavy atom. The zero-order chi connectivity index (χ0) is 14.5. The van der Waals surface area contributed by atoms with E-state index >= 15 is 0 Å². The number of halogens is 1. The molecule has 0 aliphatic carbocycles. The zero-order valence-electron chi connectivity index (χ0n) is 12.0. The highest BCUT2D eigenvalue weighted by Crippen LogP contribution is 2.18. The van der Waals surface area contributed by atoms with Gasteiger partial charge in [-0.3, -0.25) is 0 Å². The number of rotatable bonds is 3. The molecule has 1 aromatic rings. The molecule has 2 N–H and O–H groups in total. The predicted molar refractivity (Wildman–Crippen MR) is 78.2 cm³/mol. The van der Waals surface area contributed by atoms with Crippen LogP contribution in [-0.2, 0) is 0 Å². The molecule has 110 valence electrons. The summed E-state index contributed by atoms with van der Waals surface area (Å²) in [5.74, 6) is 0.130. The summed E-state index contributed by atoms with van der Waals surface area (Å²) in [7, 11) is 0. The molecule has 0 aromatic heterocycles. The van der Waals surface area contributed by atoms with E-state index < -0.39 is 0 Å². The first kappa shape index (κ1) is 14.8. The molecule has 2 unspecified atom stereocenters. The molecule has 1 fully saturated rings. The van der Waals surface area contributed by atoms with Crippen molar-refractivity contribution in [2.45, 2.75) is 26.3 Å². The van der Waals surface area contributed by atoms with E-state index in [-0.39, 0.29) is 11.8 Å². The molecule has 5 heteroatoms. The van der Waals surface area contributed by atoms with Crippen molar-refractivity contribution in [2.75, 3.05) is 25.0 Å². The Kier molecular flexibility index (Phi) is 4.95. The van der Waals surface area contributed by atoms with Crippen LogP contribution >= 0.6 is 0 Å². The highest BCUT2D eigenvalue weighted by molar-refractivity contribution is 5.89. The van der Waals surface area contributed by atoms with Crippen LogP contribution in [0.25, 0.3) is 0 Å². The number of piperidine rings is 1. The molecule has 2 rings (SSSR count). The molecule has 1 aliphatic heterocycles. The van der Waals surface area contributed by atoms with Gasteiger partial charge in [0.25, 0.3) is 0 Å². The Hall–Kier alpha value is -1.62. The number of likely N-dealkylation sites (tertiary alicyclic amines) is 1. The summed E-state index contributed by atoms with van der Waals surface area (Å²) in [5.41, 5.74) is 0.623. The van der Waals surface area contributed by atoms with Gasteiger partial charge in [-0.25, -0.2) is 9.18 Å². The van der Waals surface area contributed by atoms with Gasteiger partial charge in [0.15, 0.2) is 0 Å². The van der Waals surface area contributed by atoms with Crippen LogP contribution in [-0.4, -0.2) is 36.6 Å². The van der Waals surface area contributed by atoms with Gasteiger partial charge in [0.05, 0.1) is 0 Å². The molecule has 0 spiro atoms. The highest BCUT2D eigenvalue weighted by atomic mass is 19.1. The predicted octanol–water partition coefficient (Wildman–Crippen LogP) is 2.68. The molecule has 2 amide bonds. The number of nitrogens with zero attached hydrogens (tertiary/aromatic N) is 1. The lowest BCUT2D eigenvalue weighted by Crippen LogP contribution is -2.51. The average molecular weight is 279 g/mol. The number of anilines is 1. The zero-order valence-corrected chi connectivity index (χ0v) is 12.0. The fourth-order valence-corrected chi connectivity index (χ4v) is 2.63. The molecule has 0 saturated carbocycles. The molecular weight excluding hydrogens is 257 g/mol. The smallest absolute Gasteiger partial charge is 0.321 e. The number of hydrogen-bond donors (Lipinski definition) is 2. The lowest BCUT2D eigenvalue weighted by molar-refractivity contribution is 0.161. The van der Waals surface area contributed by atoms with Crippen LogP contribution in [0.1, 0.15) is 20.3 Å². The number of carbonyl (C=O) groups is 1. The maximum atomic E-state index is 12.8. The van der Waals surface area contributed by atoms with Crippen LogP contribution in [0.15, 0.2) is 24.3 Å². The maximum absolute atomic E-state index is 12.8. The topological polar surface area (TPSA) is 44.4 Å². The van der Waals surface area contributed by atoms with E-state index in [2.05, 4.69) is 24.5 Å². The minimum Gasteiger partial charge on any atom is -0.324 e. The van der Waals surface area contributed by atoms with Crippen molar-refractivity contribution >= 4 is 11.7 Å². The van der Waals surface area contributed by atoms with Crippen LogP contribution < -0.4 is 10.6 Å². The lowest BCUT2D eigenvalue weighted by atomic mass is 9.94. The molecule has 0 radical (unpaired) electrons. The average Bonchev–Trinajstić information content (AvgIpc) is 2.44. The van der Waals surface area contributed by atoms with Gasteiger partial charge in [0.1, 0.15) is 5.82 Å². The first-order valence-corrected chi connectivity index (χ1v) is 7.15. The van der Waals surface area contributed by atoms with Gasteiger partial charge >= 0.3 is 6.03 Å². The Balaban J connectivity index is 1.89. The van der Waals surface area contributed by atoms with Crippen molar-refractivity contribution in [1.82, 2.24) is 10.2 Å². The number of nitrogens with one attached hydrogen (secondary N) is 2. The number of urea groups is 1. The van der Waals surface area contributed by atoms with E-state index in [1.54, 1.807) is 12.1 Å². The molecule has 1 heterocycles. The number of amides is 2. The van der Waals surface area contributed by atoms with Crippen molar-refractivity contribution < 1.29 is 9.18 Å². The van der Waals surface area contributed by atoms with Crippen molar-refractivity contribution in [3.63, 3.8) is 0 Å². The molecule has 1 saturated heterocycles. The van der Waals surface area contributed by atoms with Gasteiger partial charge in [-0.15, -0.1) is 0 Å². The van der Waals surface area contributed by atoms with Crippen LogP contribution in [0.2, 0.25) is 0 Å². The molecule has 20 heavy (non-hydrogen) atoms. The minimum absolute atomic E-state index is 0.113. The van der Waals surface area contributed by atoms with E-state index in [1.165, 1.54) is 12.1 Å². The van der Waals surface area contributed by atoms with Crippen LogP contribution in [0.4, 0.5) is 14.9 Å². The van der Waals surface area contributed by atoms with Crippen LogP contribution in [0.3, 0.4) is 0 Å². The van der Waals surface area contributed by atoms with Gasteiger partial charge in [-0.2, -0.15) is 0 Å². The van der Waals surface area contributed by atoms with Crippen molar-refractivity contribution in [3.05, 3.63) is 30.1 Å². The van der Waals surface area contributed by atoms with Gasteiger partial charge in [0, 0.05) is 24.8 Å². The fourth-order valence-electron chi connectivity index (χ4n) is 2.63. The molecule has 4 nitrogen and oxygen atoms in total. The summed E-state index contributed by atoms with van der Waals surface area (Å²) < 4.78 is 12.8. The second-order valence-electron chi connectivity index (χ2n) is 5.31. The minimum atomic E-state index is -0.303. The normalized spacial score (nSPS) is 22.6. The Bertz CT molecular complexity index is 449. The molecular formula is C15H22FN3O. The summed E-state index contributed by atoms with van der Waals surface area (Å²) in [5, 5.41) is 6.26. The first-order valence-electron chi connectivity index (χ1n) is 7.15. The van der Waals surface area contributed by atoms with Gasteiger partial charge in [-0.1, -0.05) is 13.8 Å². The molecule has 1 aromatic carbocycles. The van der Waals surface area contributed by atoms with E-state index in [1.807, 2.05) is 4.90 Å². The Morgan fingerprint density at radius 2 is 2.10 bits per heavy atom. The van der Waals surface area contributed by atoms with E-state index in [0.29, 0.717) is 17.6 Å². The quantitative estimate of drug-likeness (QED) is 0.893. The Labute approximate surface area is 119 Å². The second-order valence-corrected chi connectivity index (χ2v) is 5.31. The third-order valence-corrected chi connectivity index (χ3v) is 3.75. The van der Waals surface area contributed by atoms with E-state index in [4.69, 9.17) is 0 Å². The largest absolute Gasteiger partial charge is 0.324 e. The molecule has 0 bridgehead atoms. The number of carbonyl (C=O) groups excluding carboxylic acids is 1. The fraction of sp³-hybridized carbons (Fsp3) is 0.533. The summed E-state index contributed by atoms with van der Waals surface area (Å²) in [4.78, 5) is 14.0. The first-order chi connectivity index (χ1) is 9.60. The summed E-state index contributed by atoms with van der Waals surface area (Å²) >= 11 is 0. The number of benzene rings is 1. The van der Waals surface area contributed by atoms with Crippen molar-refractivity contribution in [1.29, 1.82) is 0 Å². The molecule has 2 atom stereocenters. The van der Waals surface area contributed by atoms with Gasteiger partial charge in [0.2, 0.25) is 0 Å². The standard InChI is InChI=1S/C15H22FN3O/c1-3-17-14-8-9-19(10-11(14)2)15(20)18-13-6-4-12(16)5-7-13/h4-7,11,14,17H,3,8-10H2,1-2H3,(H,18,20). The summed E-state index contributed by atoms with van der Waals surface area (Å²) in [6.45, 7) is 6.70. The molecule has 1 aliphatic rings. The van der Waals surface area contributed by atoms with E-state index in [0.717, 1.165) is 26.1 Å². The van der Waals surface area contributed by atoms with Crippen LogP contribution in [0.5, 0.6) is 0 Å². The summed E-state index contributed by atoms with van der Waals surface area (Å²) in [6.07, 6.45) is 0.964.